The quantitative estimate of drug-likeness (QED) is 0.352. The van der Waals surface area contributed by atoms with Gasteiger partial charge in [-0.2, -0.15) is 4.98 Å². The van der Waals surface area contributed by atoms with E-state index in [4.69, 9.17) is 9.97 Å². The highest BCUT2D eigenvalue weighted by Crippen LogP contribution is 2.23. The van der Waals surface area contributed by atoms with Crippen molar-refractivity contribution in [2.45, 2.75) is 13.5 Å². The Balaban J connectivity index is 1.25. The maximum atomic E-state index is 13.1. The number of fused-ring (bicyclic) bond motifs is 1. The third-order valence-electron chi connectivity index (χ3n) is 7.30. The molecule has 2 aromatic heterocycles. The lowest BCUT2D eigenvalue weighted by molar-refractivity contribution is 0.0951. The summed E-state index contributed by atoms with van der Waals surface area (Å²) >= 11 is 0. The zero-order chi connectivity index (χ0) is 27.5. The molecule has 0 unspecified atom stereocenters. The average Bonchev–Trinajstić information content (AvgIpc) is 3.01. The van der Waals surface area contributed by atoms with Crippen LogP contribution in [0, 0.1) is 6.92 Å². The SMILES string of the molecule is Cc1nc(N2CCN(c3ccccc3)CC2)nc2c1ccc(=O)n2-c1ccc(C(=O)NCc2ccccc2)cc1. The number of hydrogen-bond donors (Lipinski definition) is 1. The lowest BCUT2D eigenvalue weighted by atomic mass is 10.1. The van der Waals surface area contributed by atoms with Crippen LogP contribution in [0.2, 0.25) is 0 Å². The topological polar surface area (TPSA) is 83.4 Å². The number of carbonyl (C=O) groups excluding carboxylic acids is 1. The Bertz CT molecular complexity index is 1690. The molecule has 1 aliphatic rings. The predicted octanol–water partition coefficient (Wildman–Crippen LogP) is 4.35. The van der Waals surface area contributed by atoms with Crippen LogP contribution in [0.5, 0.6) is 0 Å². The van der Waals surface area contributed by atoms with Crippen molar-refractivity contribution < 1.29 is 4.79 Å². The molecule has 8 nitrogen and oxygen atoms in total. The number of para-hydroxylation sites is 1. The van der Waals surface area contributed by atoms with Gasteiger partial charge in [-0.1, -0.05) is 48.5 Å². The number of hydrogen-bond acceptors (Lipinski definition) is 6. The number of nitrogens with one attached hydrogen (secondary N) is 1. The van der Waals surface area contributed by atoms with Gasteiger partial charge in [-0.15, -0.1) is 0 Å². The molecule has 200 valence electrons. The normalized spacial score (nSPS) is 13.4. The van der Waals surface area contributed by atoms with Gasteiger partial charge in [0.05, 0.1) is 11.4 Å². The van der Waals surface area contributed by atoms with Gasteiger partial charge in [-0.05, 0) is 55.0 Å². The molecule has 0 saturated carbocycles. The van der Waals surface area contributed by atoms with Crippen molar-refractivity contribution in [1.29, 1.82) is 0 Å². The highest BCUT2D eigenvalue weighted by molar-refractivity contribution is 5.94. The van der Waals surface area contributed by atoms with Crippen molar-refractivity contribution in [3.63, 3.8) is 0 Å². The van der Waals surface area contributed by atoms with Gasteiger partial charge in [0.1, 0.15) is 0 Å². The van der Waals surface area contributed by atoms with Gasteiger partial charge < -0.3 is 15.1 Å². The molecule has 1 amide bonds. The Morgan fingerprint density at radius 1 is 0.750 bits per heavy atom. The largest absolute Gasteiger partial charge is 0.368 e. The van der Waals surface area contributed by atoms with E-state index in [1.165, 1.54) is 11.8 Å². The summed E-state index contributed by atoms with van der Waals surface area (Å²) in [6, 6.07) is 30.5. The number of nitrogens with zero attached hydrogens (tertiary/aromatic N) is 5. The van der Waals surface area contributed by atoms with E-state index in [1.54, 1.807) is 34.9 Å². The van der Waals surface area contributed by atoms with Gasteiger partial charge in [-0.3, -0.25) is 14.2 Å². The minimum absolute atomic E-state index is 0.171. The number of aryl methyl sites for hydroxylation is 1. The summed E-state index contributed by atoms with van der Waals surface area (Å²) in [6.45, 7) is 5.68. The number of benzene rings is 3. The zero-order valence-corrected chi connectivity index (χ0v) is 22.3. The van der Waals surface area contributed by atoms with Gasteiger partial charge in [0.25, 0.3) is 11.5 Å². The van der Waals surface area contributed by atoms with E-state index in [0.29, 0.717) is 29.4 Å². The first-order chi connectivity index (χ1) is 19.6. The molecule has 0 bridgehead atoms. The van der Waals surface area contributed by atoms with Crippen molar-refractivity contribution in [2.24, 2.45) is 0 Å². The van der Waals surface area contributed by atoms with Gasteiger partial charge in [0.15, 0.2) is 5.65 Å². The summed E-state index contributed by atoms with van der Waals surface area (Å²) < 4.78 is 1.60. The van der Waals surface area contributed by atoms with Crippen LogP contribution in [0.25, 0.3) is 16.7 Å². The maximum absolute atomic E-state index is 13.1. The predicted molar refractivity (Wildman–Crippen MR) is 158 cm³/mol. The Morgan fingerprint density at radius 2 is 1.40 bits per heavy atom. The highest BCUT2D eigenvalue weighted by atomic mass is 16.1. The molecule has 0 aliphatic carbocycles. The van der Waals surface area contributed by atoms with E-state index < -0.39 is 0 Å². The standard InChI is InChI=1S/C32H30N6O2/c1-23-28-16-17-29(39)38(27-14-12-25(13-15-27)31(40)33-22-24-8-4-2-5-9-24)30(28)35-32(34-23)37-20-18-36(19-21-37)26-10-6-3-7-11-26/h2-17H,18-22H2,1H3,(H,33,40). The average molecular weight is 531 g/mol. The van der Waals surface area contributed by atoms with Crippen molar-refractivity contribution in [2.75, 3.05) is 36.0 Å². The molecule has 8 heteroatoms. The molecule has 3 heterocycles. The molecule has 6 rings (SSSR count). The van der Waals surface area contributed by atoms with E-state index in [0.717, 1.165) is 42.8 Å². The summed E-state index contributed by atoms with van der Waals surface area (Å²) in [5.74, 6) is 0.449. The van der Waals surface area contributed by atoms with Crippen LogP contribution in [0.3, 0.4) is 0 Å². The second kappa shape index (κ2) is 11.0. The van der Waals surface area contributed by atoms with Crippen LogP contribution in [-0.4, -0.2) is 46.6 Å². The lowest BCUT2D eigenvalue weighted by Crippen LogP contribution is -2.47. The maximum Gasteiger partial charge on any atom is 0.256 e. The van der Waals surface area contributed by atoms with E-state index in [9.17, 15) is 9.59 Å². The molecular formula is C32H30N6O2. The Labute approximate surface area is 232 Å². The fraction of sp³-hybridized carbons (Fsp3) is 0.188. The molecule has 0 radical (unpaired) electrons. The molecule has 0 spiro atoms. The van der Waals surface area contributed by atoms with E-state index in [1.807, 2.05) is 43.3 Å². The second-order valence-corrected chi connectivity index (χ2v) is 9.88. The fourth-order valence-corrected chi connectivity index (χ4v) is 5.09. The Hall–Kier alpha value is -4.98. The fourth-order valence-electron chi connectivity index (χ4n) is 5.09. The van der Waals surface area contributed by atoms with E-state index in [-0.39, 0.29) is 11.5 Å². The Kier molecular flexibility index (Phi) is 6.97. The number of anilines is 2. The third-order valence-corrected chi connectivity index (χ3v) is 7.30. The summed E-state index contributed by atoms with van der Waals surface area (Å²) in [6.07, 6.45) is 0. The van der Waals surface area contributed by atoms with Crippen LogP contribution in [0.1, 0.15) is 21.6 Å². The second-order valence-electron chi connectivity index (χ2n) is 9.88. The van der Waals surface area contributed by atoms with Gasteiger partial charge in [-0.25, -0.2) is 4.98 Å². The molecule has 5 aromatic rings. The van der Waals surface area contributed by atoms with E-state index in [2.05, 4.69) is 39.4 Å². The van der Waals surface area contributed by atoms with Gasteiger partial charge >= 0.3 is 0 Å². The molecular weight excluding hydrogens is 500 g/mol. The molecule has 40 heavy (non-hydrogen) atoms. The number of piperazine rings is 1. The van der Waals surface area contributed by atoms with Crippen LogP contribution in [-0.2, 0) is 6.54 Å². The van der Waals surface area contributed by atoms with Gasteiger partial charge in [0, 0.05) is 55.4 Å². The smallest absolute Gasteiger partial charge is 0.256 e. The van der Waals surface area contributed by atoms with Crippen LogP contribution in [0.15, 0.2) is 102 Å². The monoisotopic (exact) mass is 530 g/mol. The number of aromatic nitrogens is 3. The van der Waals surface area contributed by atoms with Crippen LogP contribution in [0.4, 0.5) is 11.6 Å². The van der Waals surface area contributed by atoms with Crippen molar-refractivity contribution in [3.8, 4) is 5.69 Å². The van der Waals surface area contributed by atoms with Crippen molar-refractivity contribution in [1.82, 2.24) is 19.9 Å². The Morgan fingerprint density at radius 3 is 2.10 bits per heavy atom. The third kappa shape index (κ3) is 5.16. The van der Waals surface area contributed by atoms with Crippen LogP contribution < -0.4 is 20.7 Å². The molecule has 3 aromatic carbocycles. The number of carbonyl (C=O) groups is 1. The summed E-state index contributed by atoms with van der Waals surface area (Å²) in [5, 5.41) is 3.76. The summed E-state index contributed by atoms with van der Waals surface area (Å²) in [4.78, 5) is 40.1. The van der Waals surface area contributed by atoms with Crippen LogP contribution >= 0.6 is 0 Å². The molecule has 0 atom stereocenters. The number of pyridine rings is 1. The molecule has 1 saturated heterocycles. The van der Waals surface area contributed by atoms with Crippen molar-refractivity contribution >= 4 is 28.6 Å². The first-order valence-corrected chi connectivity index (χ1v) is 13.4. The first-order valence-electron chi connectivity index (χ1n) is 13.4. The molecule has 1 N–H and O–H groups in total. The first kappa shape index (κ1) is 25.3. The summed E-state index contributed by atoms with van der Waals surface area (Å²) in [7, 11) is 0. The lowest BCUT2D eigenvalue weighted by Gasteiger charge is -2.36. The minimum Gasteiger partial charge on any atom is -0.368 e. The highest BCUT2D eigenvalue weighted by Gasteiger charge is 2.21. The number of rotatable bonds is 6. The van der Waals surface area contributed by atoms with E-state index >= 15 is 0 Å². The number of amides is 1. The van der Waals surface area contributed by atoms with Crippen molar-refractivity contribution in [3.05, 3.63) is 124 Å². The molecule has 1 aliphatic heterocycles. The van der Waals surface area contributed by atoms with Gasteiger partial charge in [0.2, 0.25) is 5.95 Å². The molecule has 1 fully saturated rings. The minimum atomic E-state index is -0.188. The summed E-state index contributed by atoms with van der Waals surface area (Å²) in [5.41, 5.74) is 4.60. The zero-order valence-electron chi connectivity index (χ0n) is 22.3.